The second kappa shape index (κ2) is 9.74. The number of nitrogens with zero attached hydrogens (tertiary/aromatic N) is 1. The highest BCUT2D eigenvalue weighted by Crippen LogP contribution is 2.06. The van der Waals surface area contributed by atoms with Crippen molar-refractivity contribution in [3.8, 4) is 0 Å². The number of ether oxygens (including phenoxy) is 1. The van der Waals surface area contributed by atoms with Crippen molar-refractivity contribution in [3.63, 3.8) is 0 Å². The molecule has 0 atom stereocenters. The summed E-state index contributed by atoms with van der Waals surface area (Å²) in [6.07, 6.45) is 2.31. The van der Waals surface area contributed by atoms with E-state index in [0.29, 0.717) is 6.61 Å². The highest BCUT2D eigenvalue weighted by atomic mass is 19.3. The van der Waals surface area contributed by atoms with E-state index in [9.17, 15) is 8.78 Å². The Labute approximate surface area is 103 Å². The predicted molar refractivity (Wildman–Crippen MR) is 64.6 cm³/mol. The minimum absolute atomic E-state index is 0.420. The summed E-state index contributed by atoms with van der Waals surface area (Å²) in [6, 6.07) is 0. The van der Waals surface area contributed by atoms with Crippen molar-refractivity contribution in [1.29, 1.82) is 0 Å². The van der Waals surface area contributed by atoms with Crippen molar-refractivity contribution < 1.29 is 13.5 Å². The normalized spacial score (nSPS) is 17.1. The molecule has 0 radical (unpaired) electrons. The van der Waals surface area contributed by atoms with E-state index in [0.717, 1.165) is 25.9 Å². The SMILES string of the molecule is FC(F)COCCCNCCCN1CCCC1. The van der Waals surface area contributed by atoms with Crippen LogP contribution in [0.4, 0.5) is 8.78 Å². The summed E-state index contributed by atoms with van der Waals surface area (Å²) in [7, 11) is 0. The Morgan fingerprint density at radius 1 is 1.12 bits per heavy atom. The van der Waals surface area contributed by atoms with Crippen molar-refractivity contribution in [1.82, 2.24) is 10.2 Å². The van der Waals surface area contributed by atoms with Crippen LogP contribution in [0.25, 0.3) is 0 Å². The van der Waals surface area contributed by atoms with Crippen LogP contribution in [0, 0.1) is 0 Å². The first-order chi connectivity index (χ1) is 8.29. The first-order valence-corrected chi connectivity index (χ1v) is 6.58. The molecule has 0 aromatic carbocycles. The Bertz CT molecular complexity index is 176. The lowest BCUT2D eigenvalue weighted by Gasteiger charge is -2.14. The first-order valence-electron chi connectivity index (χ1n) is 6.58. The molecule has 17 heavy (non-hydrogen) atoms. The van der Waals surface area contributed by atoms with Gasteiger partial charge in [-0.15, -0.1) is 0 Å². The molecule has 1 rings (SSSR count). The third-order valence-corrected chi connectivity index (χ3v) is 2.91. The Morgan fingerprint density at radius 2 is 1.82 bits per heavy atom. The second-order valence-corrected chi connectivity index (χ2v) is 4.47. The van der Waals surface area contributed by atoms with E-state index in [1.165, 1.54) is 32.5 Å². The zero-order valence-electron chi connectivity index (χ0n) is 10.5. The molecule has 0 aromatic rings. The monoisotopic (exact) mass is 250 g/mol. The number of rotatable bonds is 10. The number of likely N-dealkylation sites (tertiary alicyclic amines) is 1. The minimum atomic E-state index is -2.34. The fourth-order valence-electron chi connectivity index (χ4n) is 2.03. The van der Waals surface area contributed by atoms with Crippen molar-refractivity contribution in [3.05, 3.63) is 0 Å². The van der Waals surface area contributed by atoms with Gasteiger partial charge in [0, 0.05) is 6.61 Å². The maximum atomic E-state index is 11.7. The molecule has 0 unspecified atom stereocenters. The van der Waals surface area contributed by atoms with Crippen molar-refractivity contribution in [2.24, 2.45) is 0 Å². The molecule has 0 aromatic heterocycles. The largest absolute Gasteiger partial charge is 0.375 e. The van der Waals surface area contributed by atoms with E-state index in [1.54, 1.807) is 0 Å². The van der Waals surface area contributed by atoms with E-state index in [-0.39, 0.29) is 0 Å². The third kappa shape index (κ3) is 8.46. The van der Waals surface area contributed by atoms with Gasteiger partial charge < -0.3 is 15.0 Å². The Hall–Kier alpha value is -0.260. The van der Waals surface area contributed by atoms with Gasteiger partial charge >= 0.3 is 0 Å². The topological polar surface area (TPSA) is 24.5 Å². The highest BCUT2D eigenvalue weighted by molar-refractivity contribution is 4.66. The Kier molecular flexibility index (Phi) is 8.48. The number of hydrogen-bond acceptors (Lipinski definition) is 3. The van der Waals surface area contributed by atoms with Gasteiger partial charge in [-0.1, -0.05) is 0 Å². The smallest absolute Gasteiger partial charge is 0.261 e. The second-order valence-electron chi connectivity index (χ2n) is 4.47. The van der Waals surface area contributed by atoms with Crippen LogP contribution in [0.3, 0.4) is 0 Å². The standard InChI is InChI=1S/C12H24F2N2O/c13-12(14)11-17-10-4-6-15-5-3-9-16-7-1-2-8-16/h12,15H,1-11H2. The molecule has 5 heteroatoms. The number of nitrogens with one attached hydrogen (secondary N) is 1. The van der Waals surface area contributed by atoms with Crippen molar-refractivity contribution in [2.45, 2.75) is 32.1 Å². The van der Waals surface area contributed by atoms with Crippen LogP contribution in [-0.2, 0) is 4.74 Å². The van der Waals surface area contributed by atoms with E-state index < -0.39 is 13.0 Å². The molecular weight excluding hydrogens is 226 g/mol. The molecule has 0 bridgehead atoms. The molecule has 0 amide bonds. The summed E-state index contributed by atoms with van der Waals surface area (Å²) in [5.41, 5.74) is 0. The fraction of sp³-hybridized carbons (Fsp3) is 1.00. The molecule has 1 saturated heterocycles. The number of alkyl halides is 2. The summed E-state index contributed by atoms with van der Waals surface area (Å²) in [5.74, 6) is 0. The molecule has 3 nitrogen and oxygen atoms in total. The lowest BCUT2D eigenvalue weighted by Crippen LogP contribution is -2.25. The van der Waals surface area contributed by atoms with Crippen LogP contribution in [0.2, 0.25) is 0 Å². The van der Waals surface area contributed by atoms with Crippen molar-refractivity contribution >= 4 is 0 Å². The zero-order valence-corrected chi connectivity index (χ0v) is 10.5. The molecule has 1 fully saturated rings. The first kappa shape index (κ1) is 14.8. The third-order valence-electron chi connectivity index (χ3n) is 2.91. The van der Waals surface area contributed by atoms with Gasteiger partial charge in [-0.25, -0.2) is 8.78 Å². The molecule has 1 aliphatic heterocycles. The zero-order chi connectivity index (χ0) is 12.3. The molecule has 0 spiro atoms. The lowest BCUT2D eigenvalue weighted by molar-refractivity contribution is 0.0168. The summed E-state index contributed by atoms with van der Waals surface area (Å²) < 4.78 is 28.2. The molecule has 0 saturated carbocycles. The van der Waals surface area contributed by atoms with Crippen LogP contribution in [0.5, 0.6) is 0 Å². The summed E-state index contributed by atoms with van der Waals surface area (Å²) in [5, 5.41) is 3.30. The van der Waals surface area contributed by atoms with Gasteiger partial charge in [-0.2, -0.15) is 0 Å². The lowest BCUT2D eigenvalue weighted by atomic mass is 10.3. The maximum Gasteiger partial charge on any atom is 0.261 e. The van der Waals surface area contributed by atoms with Crippen LogP contribution in [-0.4, -0.2) is 57.3 Å². The molecular formula is C12H24F2N2O. The van der Waals surface area contributed by atoms with Gasteiger partial charge in [0.15, 0.2) is 0 Å². The average Bonchev–Trinajstić information content (AvgIpc) is 2.79. The quantitative estimate of drug-likeness (QED) is 0.598. The average molecular weight is 250 g/mol. The van der Waals surface area contributed by atoms with Crippen LogP contribution in [0.1, 0.15) is 25.7 Å². The van der Waals surface area contributed by atoms with E-state index in [2.05, 4.69) is 10.2 Å². The van der Waals surface area contributed by atoms with Gasteiger partial charge in [0.25, 0.3) is 6.43 Å². The molecule has 102 valence electrons. The van der Waals surface area contributed by atoms with Crippen LogP contribution < -0.4 is 5.32 Å². The van der Waals surface area contributed by atoms with Gasteiger partial charge in [0.05, 0.1) is 0 Å². The maximum absolute atomic E-state index is 11.7. The van der Waals surface area contributed by atoms with E-state index in [1.807, 2.05) is 0 Å². The van der Waals surface area contributed by atoms with Gasteiger partial charge in [-0.3, -0.25) is 0 Å². The summed E-state index contributed by atoms with van der Waals surface area (Å²) in [6.45, 7) is 5.52. The Morgan fingerprint density at radius 3 is 2.53 bits per heavy atom. The van der Waals surface area contributed by atoms with E-state index in [4.69, 9.17) is 4.74 Å². The van der Waals surface area contributed by atoms with Gasteiger partial charge in [0.1, 0.15) is 6.61 Å². The summed E-state index contributed by atoms with van der Waals surface area (Å²) >= 11 is 0. The van der Waals surface area contributed by atoms with Gasteiger partial charge in [0.2, 0.25) is 0 Å². The Balaban J connectivity index is 1.72. The highest BCUT2D eigenvalue weighted by Gasteiger charge is 2.09. The van der Waals surface area contributed by atoms with Crippen LogP contribution >= 0.6 is 0 Å². The predicted octanol–water partition coefficient (Wildman–Crippen LogP) is 1.73. The van der Waals surface area contributed by atoms with Crippen molar-refractivity contribution in [2.75, 3.05) is 45.9 Å². The minimum Gasteiger partial charge on any atom is -0.375 e. The molecule has 1 heterocycles. The van der Waals surface area contributed by atoms with E-state index >= 15 is 0 Å². The number of hydrogen-bond donors (Lipinski definition) is 1. The van der Waals surface area contributed by atoms with Gasteiger partial charge in [-0.05, 0) is 58.4 Å². The molecule has 1 aliphatic rings. The fourth-order valence-corrected chi connectivity index (χ4v) is 2.03. The summed E-state index contributed by atoms with van der Waals surface area (Å²) in [4.78, 5) is 2.49. The molecule has 1 N–H and O–H groups in total. The van der Waals surface area contributed by atoms with Crippen LogP contribution in [0.15, 0.2) is 0 Å². The molecule has 0 aliphatic carbocycles. The number of halogens is 2.